The average Bonchev–Trinajstić information content (AvgIpc) is 2.76. The van der Waals surface area contributed by atoms with E-state index in [4.69, 9.17) is 9.47 Å². The molecule has 0 fully saturated rings. The smallest absolute Gasteiger partial charge is 0.195 e. The highest BCUT2D eigenvalue weighted by atomic mass is 127. The summed E-state index contributed by atoms with van der Waals surface area (Å²) in [7, 11) is -0.0795. The molecule has 31 heavy (non-hydrogen) atoms. The number of anilines is 1. The van der Waals surface area contributed by atoms with Crippen molar-refractivity contribution in [3.05, 3.63) is 54.6 Å². The van der Waals surface area contributed by atoms with Gasteiger partial charge in [-0.15, -0.1) is 24.0 Å². The Hall–Kier alpha value is -1.85. The van der Waals surface area contributed by atoms with Gasteiger partial charge in [-0.25, -0.2) is 8.42 Å². The lowest BCUT2D eigenvalue weighted by Gasteiger charge is -2.20. The quantitative estimate of drug-likeness (QED) is 0.187. The Labute approximate surface area is 202 Å². The first-order valence-electron chi connectivity index (χ1n) is 9.98. The molecule has 0 amide bonds. The molecule has 2 aromatic carbocycles. The van der Waals surface area contributed by atoms with Crippen LogP contribution in [0.3, 0.4) is 0 Å². The summed E-state index contributed by atoms with van der Waals surface area (Å²) in [4.78, 5) is 4.56. The number of nitrogens with one attached hydrogen (secondary N) is 2. The van der Waals surface area contributed by atoms with Gasteiger partial charge in [-0.05, 0) is 30.7 Å². The molecule has 0 aromatic heterocycles. The highest BCUT2D eigenvalue weighted by Crippen LogP contribution is 2.18. The van der Waals surface area contributed by atoms with Gasteiger partial charge in [0.2, 0.25) is 0 Å². The van der Waals surface area contributed by atoms with Crippen LogP contribution in [0.2, 0.25) is 0 Å². The van der Waals surface area contributed by atoms with E-state index in [1.807, 2.05) is 31.2 Å². The Bertz CT molecular complexity index is 908. The second-order valence-electron chi connectivity index (χ2n) is 6.76. The number of benzene rings is 2. The predicted molar refractivity (Wildman–Crippen MR) is 137 cm³/mol. The molecule has 0 aliphatic rings. The Kier molecular flexibility index (Phi) is 12.5. The normalized spacial score (nSPS) is 12.5. The molecule has 0 aliphatic heterocycles. The lowest BCUT2D eigenvalue weighted by molar-refractivity contribution is 0.172. The summed E-state index contributed by atoms with van der Waals surface area (Å²) >= 11 is 0. The highest BCUT2D eigenvalue weighted by Gasteiger charge is 2.21. The maximum absolute atomic E-state index is 12.7. The van der Waals surface area contributed by atoms with Gasteiger partial charge in [-0.3, -0.25) is 4.99 Å². The molecular weight excluding hydrogens is 529 g/mol. The first kappa shape index (κ1) is 27.2. The van der Waals surface area contributed by atoms with E-state index in [9.17, 15) is 8.42 Å². The number of hydrogen-bond donors (Lipinski definition) is 2. The van der Waals surface area contributed by atoms with Crippen molar-refractivity contribution in [1.82, 2.24) is 5.32 Å². The molecule has 2 aromatic rings. The van der Waals surface area contributed by atoms with E-state index in [2.05, 4.69) is 15.6 Å². The molecule has 2 N–H and O–H groups in total. The monoisotopic (exact) mass is 561 g/mol. The standard InChI is InChI=1S/C22H31N3O4S.HI/c1-4-18(17-30(26,27)21-12-6-5-7-13-21)24-22(23-2)25-19-10-8-11-20(16-19)29-15-9-14-28-3;/h5-8,10-13,16,18H,4,9,14-15,17H2,1-3H3,(H2,23,24,25);1H. The van der Waals surface area contributed by atoms with Crippen LogP contribution in [0.1, 0.15) is 19.8 Å². The van der Waals surface area contributed by atoms with Gasteiger partial charge >= 0.3 is 0 Å². The Morgan fingerprint density at radius 1 is 1.10 bits per heavy atom. The van der Waals surface area contributed by atoms with Gasteiger partial charge in [-0.2, -0.15) is 0 Å². The predicted octanol–water partition coefficient (Wildman–Crippen LogP) is 3.96. The number of nitrogens with zero attached hydrogens (tertiary/aromatic N) is 1. The van der Waals surface area contributed by atoms with Crippen molar-refractivity contribution in [1.29, 1.82) is 0 Å². The lowest BCUT2D eigenvalue weighted by atomic mass is 10.2. The van der Waals surface area contributed by atoms with E-state index in [0.29, 0.717) is 30.5 Å². The number of aliphatic imine (C=N–C) groups is 1. The third-order valence-electron chi connectivity index (χ3n) is 4.44. The molecule has 1 atom stereocenters. The molecule has 0 saturated carbocycles. The van der Waals surface area contributed by atoms with Crippen molar-refractivity contribution >= 4 is 45.5 Å². The summed E-state index contributed by atoms with van der Waals surface area (Å²) in [5.74, 6) is 1.23. The molecule has 0 saturated heterocycles. The minimum Gasteiger partial charge on any atom is -0.493 e. The molecule has 7 nitrogen and oxygen atoms in total. The van der Waals surface area contributed by atoms with E-state index < -0.39 is 9.84 Å². The highest BCUT2D eigenvalue weighted by molar-refractivity contribution is 14.0. The van der Waals surface area contributed by atoms with E-state index in [0.717, 1.165) is 17.9 Å². The van der Waals surface area contributed by atoms with Gasteiger partial charge in [0.1, 0.15) is 5.75 Å². The molecule has 9 heteroatoms. The SMILES string of the molecule is CCC(CS(=O)(=O)c1ccccc1)NC(=NC)Nc1cccc(OCCCOC)c1.I. The summed E-state index contributed by atoms with van der Waals surface area (Å²) in [6, 6.07) is 15.8. The van der Waals surface area contributed by atoms with Crippen LogP contribution in [-0.2, 0) is 14.6 Å². The number of guanidine groups is 1. The van der Waals surface area contributed by atoms with Gasteiger partial charge in [0, 0.05) is 45.0 Å². The van der Waals surface area contributed by atoms with Gasteiger partial charge in [0.05, 0.1) is 17.3 Å². The molecule has 0 spiro atoms. The molecule has 172 valence electrons. The second-order valence-corrected chi connectivity index (χ2v) is 8.80. The molecular formula is C22H32IN3O4S. The molecule has 0 heterocycles. The van der Waals surface area contributed by atoms with Crippen LogP contribution >= 0.6 is 24.0 Å². The zero-order valence-corrected chi connectivity index (χ0v) is 21.4. The zero-order chi connectivity index (χ0) is 21.8. The topological polar surface area (TPSA) is 89.0 Å². The minimum atomic E-state index is -3.40. The fourth-order valence-electron chi connectivity index (χ4n) is 2.79. The summed E-state index contributed by atoms with van der Waals surface area (Å²) in [5.41, 5.74) is 0.799. The molecule has 0 aliphatic carbocycles. The lowest BCUT2D eigenvalue weighted by Crippen LogP contribution is -2.42. The number of sulfone groups is 1. The van der Waals surface area contributed by atoms with Crippen LogP contribution in [0.25, 0.3) is 0 Å². The fourth-order valence-corrected chi connectivity index (χ4v) is 4.41. The summed E-state index contributed by atoms with van der Waals surface area (Å²) in [6.07, 6.45) is 1.45. The van der Waals surface area contributed by atoms with Crippen LogP contribution in [0, 0.1) is 0 Å². The Morgan fingerprint density at radius 2 is 1.84 bits per heavy atom. The van der Waals surface area contributed by atoms with Crippen molar-refractivity contribution < 1.29 is 17.9 Å². The second kappa shape index (κ2) is 14.3. The summed E-state index contributed by atoms with van der Waals surface area (Å²) < 4.78 is 36.1. The van der Waals surface area contributed by atoms with Crippen LogP contribution in [-0.4, -0.2) is 53.5 Å². The number of ether oxygens (including phenoxy) is 2. The molecule has 0 radical (unpaired) electrons. The van der Waals surface area contributed by atoms with Gasteiger partial charge in [0.15, 0.2) is 15.8 Å². The maximum atomic E-state index is 12.7. The van der Waals surface area contributed by atoms with Crippen molar-refractivity contribution in [3.8, 4) is 5.75 Å². The molecule has 1 unspecified atom stereocenters. The first-order valence-corrected chi connectivity index (χ1v) is 11.6. The van der Waals surface area contributed by atoms with Gasteiger partial charge in [0.25, 0.3) is 0 Å². The van der Waals surface area contributed by atoms with Crippen LogP contribution in [0.4, 0.5) is 5.69 Å². The van der Waals surface area contributed by atoms with Crippen molar-refractivity contribution in [2.45, 2.75) is 30.7 Å². The van der Waals surface area contributed by atoms with E-state index in [-0.39, 0.29) is 35.8 Å². The van der Waals surface area contributed by atoms with Crippen molar-refractivity contribution in [2.75, 3.05) is 38.4 Å². The summed E-state index contributed by atoms with van der Waals surface area (Å²) in [5, 5.41) is 6.41. The van der Waals surface area contributed by atoms with Crippen molar-refractivity contribution in [2.24, 2.45) is 4.99 Å². The van der Waals surface area contributed by atoms with Crippen LogP contribution in [0.15, 0.2) is 64.5 Å². The molecule has 0 bridgehead atoms. The number of rotatable bonds is 11. The van der Waals surface area contributed by atoms with Crippen LogP contribution in [0.5, 0.6) is 5.75 Å². The summed E-state index contributed by atoms with van der Waals surface area (Å²) in [6.45, 7) is 3.16. The van der Waals surface area contributed by atoms with E-state index in [1.165, 1.54) is 0 Å². The third kappa shape index (κ3) is 9.44. The number of methoxy groups -OCH3 is 1. The zero-order valence-electron chi connectivity index (χ0n) is 18.2. The molecule has 2 rings (SSSR count). The van der Waals surface area contributed by atoms with Gasteiger partial charge < -0.3 is 20.1 Å². The number of halogens is 1. The van der Waals surface area contributed by atoms with E-state index in [1.54, 1.807) is 44.5 Å². The third-order valence-corrected chi connectivity index (χ3v) is 6.27. The van der Waals surface area contributed by atoms with Crippen molar-refractivity contribution in [3.63, 3.8) is 0 Å². The Balaban J connectivity index is 0.00000480. The Morgan fingerprint density at radius 3 is 2.48 bits per heavy atom. The average molecular weight is 561 g/mol. The first-order chi connectivity index (χ1) is 14.5. The van der Waals surface area contributed by atoms with Crippen LogP contribution < -0.4 is 15.4 Å². The number of hydrogen-bond acceptors (Lipinski definition) is 5. The minimum absolute atomic E-state index is 0. The maximum Gasteiger partial charge on any atom is 0.195 e. The fraction of sp³-hybridized carbons (Fsp3) is 0.409. The van der Waals surface area contributed by atoms with E-state index >= 15 is 0 Å². The largest absolute Gasteiger partial charge is 0.493 e. The van der Waals surface area contributed by atoms with Gasteiger partial charge in [-0.1, -0.05) is 31.2 Å².